The minimum Gasteiger partial charge on any atom is -0.508 e. The van der Waals surface area contributed by atoms with Crippen LogP contribution in [0.2, 0.25) is 0 Å². The van der Waals surface area contributed by atoms with Gasteiger partial charge in [0.1, 0.15) is 11.4 Å². The van der Waals surface area contributed by atoms with Gasteiger partial charge in [-0.05, 0) is 23.8 Å². The highest BCUT2D eigenvalue weighted by atomic mass is 16.3. The third-order valence-electron chi connectivity index (χ3n) is 3.38. The van der Waals surface area contributed by atoms with Crippen molar-refractivity contribution in [2.75, 3.05) is 5.32 Å². The number of nitrogens with one attached hydrogen (secondary N) is 1. The minimum absolute atomic E-state index is 0.0507. The van der Waals surface area contributed by atoms with E-state index in [-0.39, 0.29) is 23.5 Å². The number of nitrogens with zero attached hydrogens (tertiary/aromatic N) is 2. The van der Waals surface area contributed by atoms with Gasteiger partial charge in [-0.25, -0.2) is 4.68 Å². The lowest BCUT2D eigenvalue weighted by atomic mass is 10.2. The van der Waals surface area contributed by atoms with Gasteiger partial charge in [0.2, 0.25) is 0 Å². The number of amides is 1. The molecule has 6 nitrogen and oxygen atoms in total. The van der Waals surface area contributed by atoms with Crippen molar-refractivity contribution in [2.24, 2.45) is 0 Å². The zero-order chi connectivity index (χ0) is 16.9. The second-order valence-corrected chi connectivity index (χ2v) is 5.20. The molecule has 6 heteroatoms. The molecule has 1 aromatic heterocycles. The van der Waals surface area contributed by atoms with Crippen LogP contribution in [0.25, 0.3) is 0 Å². The Balaban J connectivity index is 1.82. The summed E-state index contributed by atoms with van der Waals surface area (Å²) in [6.45, 7) is 0.285. The molecule has 0 radical (unpaired) electrons. The summed E-state index contributed by atoms with van der Waals surface area (Å²) in [6.07, 6.45) is 0. The van der Waals surface area contributed by atoms with E-state index in [9.17, 15) is 14.7 Å². The number of aromatic hydroxyl groups is 1. The van der Waals surface area contributed by atoms with E-state index in [0.29, 0.717) is 5.69 Å². The molecular weight excluding hydrogens is 306 g/mol. The topological polar surface area (TPSA) is 84.2 Å². The third-order valence-corrected chi connectivity index (χ3v) is 3.38. The summed E-state index contributed by atoms with van der Waals surface area (Å²) in [5, 5.41) is 16.2. The molecule has 0 spiro atoms. The average molecular weight is 321 g/mol. The van der Waals surface area contributed by atoms with Gasteiger partial charge in [0, 0.05) is 17.8 Å². The van der Waals surface area contributed by atoms with Crippen molar-refractivity contribution in [3.63, 3.8) is 0 Å². The lowest BCUT2D eigenvalue weighted by Crippen LogP contribution is -2.26. The van der Waals surface area contributed by atoms with E-state index in [0.717, 1.165) is 5.56 Å². The largest absolute Gasteiger partial charge is 0.508 e. The molecule has 0 fully saturated rings. The summed E-state index contributed by atoms with van der Waals surface area (Å²) in [6, 6.07) is 18.3. The van der Waals surface area contributed by atoms with Crippen molar-refractivity contribution in [3.05, 3.63) is 88.3 Å². The highest BCUT2D eigenvalue weighted by molar-refractivity contribution is 6.02. The summed E-state index contributed by atoms with van der Waals surface area (Å²) < 4.78 is 1.24. The Labute approximate surface area is 138 Å². The number of benzene rings is 2. The van der Waals surface area contributed by atoms with E-state index in [1.54, 1.807) is 12.1 Å². The minimum atomic E-state index is -0.456. The number of hydrogen-bond donors (Lipinski definition) is 2. The molecule has 0 saturated heterocycles. The highest BCUT2D eigenvalue weighted by Crippen LogP contribution is 2.15. The maximum atomic E-state index is 12.3. The number of phenols is 1. The van der Waals surface area contributed by atoms with Gasteiger partial charge in [-0.15, -0.1) is 0 Å². The van der Waals surface area contributed by atoms with Crippen molar-refractivity contribution < 1.29 is 9.90 Å². The summed E-state index contributed by atoms with van der Waals surface area (Å²) in [4.78, 5) is 24.2. The van der Waals surface area contributed by atoms with Crippen molar-refractivity contribution in [2.45, 2.75) is 6.54 Å². The Morgan fingerprint density at radius 3 is 2.58 bits per heavy atom. The molecule has 1 heterocycles. The number of anilines is 1. The number of rotatable bonds is 4. The zero-order valence-electron chi connectivity index (χ0n) is 12.7. The lowest BCUT2D eigenvalue weighted by Gasteiger charge is -2.08. The van der Waals surface area contributed by atoms with Gasteiger partial charge in [-0.1, -0.05) is 36.4 Å². The van der Waals surface area contributed by atoms with Crippen LogP contribution in [-0.2, 0) is 6.54 Å². The second-order valence-electron chi connectivity index (χ2n) is 5.20. The van der Waals surface area contributed by atoms with Crippen LogP contribution in [0.15, 0.2) is 71.5 Å². The van der Waals surface area contributed by atoms with Gasteiger partial charge in [0.05, 0.1) is 6.54 Å². The Morgan fingerprint density at radius 2 is 1.83 bits per heavy atom. The molecule has 0 bridgehead atoms. The van der Waals surface area contributed by atoms with Crippen LogP contribution in [0.3, 0.4) is 0 Å². The van der Waals surface area contributed by atoms with Crippen molar-refractivity contribution in [3.8, 4) is 5.75 Å². The predicted octanol–water partition coefficient (Wildman–Crippen LogP) is 2.25. The van der Waals surface area contributed by atoms with Crippen LogP contribution >= 0.6 is 0 Å². The second kappa shape index (κ2) is 6.78. The van der Waals surface area contributed by atoms with E-state index >= 15 is 0 Å². The third kappa shape index (κ3) is 3.67. The van der Waals surface area contributed by atoms with E-state index in [1.807, 2.05) is 30.3 Å². The van der Waals surface area contributed by atoms with Crippen LogP contribution in [0.5, 0.6) is 5.75 Å². The van der Waals surface area contributed by atoms with Crippen LogP contribution in [0, 0.1) is 0 Å². The van der Waals surface area contributed by atoms with Crippen molar-refractivity contribution in [1.29, 1.82) is 0 Å². The van der Waals surface area contributed by atoms with E-state index in [1.165, 1.54) is 28.9 Å². The van der Waals surface area contributed by atoms with Crippen LogP contribution in [0.4, 0.5) is 5.69 Å². The fourth-order valence-corrected chi connectivity index (χ4v) is 2.22. The quantitative estimate of drug-likeness (QED) is 0.772. The van der Waals surface area contributed by atoms with E-state index in [2.05, 4.69) is 10.4 Å². The maximum Gasteiger partial charge on any atom is 0.276 e. The molecule has 120 valence electrons. The van der Waals surface area contributed by atoms with Crippen molar-refractivity contribution in [1.82, 2.24) is 9.78 Å². The molecule has 2 N–H and O–H groups in total. The molecule has 0 aliphatic carbocycles. The average Bonchev–Trinajstić information content (AvgIpc) is 2.58. The molecule has 3 aromatic rings. The predicted molar refractivity (Wildman–Crippen MR) is 90.1 cm³/mol. The van der Waals surface area contributed by atoms with Gasteiger partial charge in [-0.2, -0.15) is 5.10 Å². The molecule has 3 rings (SSSR count). The fraction of sp³-hybridized carbons (Fsp3) is 0.0556. The van der Waals surface area contributed by atoms with E-state index < -0.39 is 5.91 Å². The smallest absolute Gasteiger partial charge is 0.276 e. The Bertz CT molecular complexity index is 920. The van der Waals surface area contributed by atoms with Gasteiger partial charge in [0.15, 0.2) is 0 Å². The SMILES string of the molecule is O=C(Nc1cccc(O)c1)c1ccc(=O)n(Cc2ccccc2)n1. The number of aromatic nitrogens is 2. The lowest BCUT2D eigenvalue weighted by molar-refractivity contribution is 0.102. The summed E-state index contributed by atoms with van der Waals surface area (Å²) in [7, 11) is 0. The van der Waals surface area contributed by atoms with Gasteiger partial charge in [-0.3, -0.25) is 9.59 Å². The van der Waals surface area contributed by atoms with Crippen LogP contribution < -0.4 is 10.9 Å². The molecule has 0 saturated carbocycles. The molecule has 0 unspecified atom stereocenters. The number of hydrogen-bond acceptors (Lipinski definition) is 4. The van der Waals surface area contributed by atoms with Crippen LogP contribution in [-0.4, -0.2) is 20.8 Å². The standard InChI is InChI=1S/C18H15N3O3/c22-15-8-4-7-14(11-15)19-18(24)16-9-10-17(23)21(20-16)12-13-5-2-1-3-6-13/h1-11,22H,12H2,(H,19,24). The zero-order valence-corrected chi connectivity index (χ0v) is 12.7. The van der Waals surface area contributed by atoms with Gasteiger partial charge >= 0.3 is 0 Å². The summed E-state index contributed by atoms with van der Waals surface area (Å²) in [5.74, 6) is -0.405. The summed E-state index contributed by atoms with van der Waals surface area (Å²) in [5.41, 5.74) is 1.20. The summed E-state index contributed by atoms with van der Waals surface area (Å²) >= 11 is 0. The van der Waals surface area contributed by atoms with Crippen molar-refractivity contribution >= 4 is 11.6 Å². The number of carbonyl (C=O) groups is 1. The maximum absolute atomic E-state index is 12.3. The molecule has 24 heavy (non-hydrogen) atoms. The van der Waals surface area contributed by atoms with E-state index in [4.69, 9.17) is 0 Å². The molecule has 0 aliphatic heterocycles. The first-order valence-electron chi connectivity index (χ1n) is 7.34. The number of phenolic OH excluding ortho intramolecular Hbond substituents is 1. The van der Waals surface area contributed by atoms with Gasteiger partial charge in [0.25, 0.3) is 11.5 Å². The monoisotopic (exact) mass is 321 g/mol. The molecule has 0 aliphatic rings. The first-order valence-corrected chi connectivity index (χ1v) is 7.34. The van der Waals surface area contributed by atoms with Gasteiger partial charge < -0.3 is 10.4 Å². The molecular formula is C18H15N3O3. The number of carbonyl (C=O) groups excluding carboxylic acids is 1. The first kappa shape index (κ1) is 15.5. The Hall–Kier alpha value is -3.41. The molecule has 1 amide bonds. The normalized spacial score (nSPS) is 10.3. The molecule has 2 aromatic carbocycles. The molecule has 0 atom stereocenters. The first-order chi connectivity index (χ1) is 11.6. The highest BCUT2D eigenvalue weighted by Gasteiger charge is 2.10. The Morgan fingerprint density at radius 1 is 1.04 bits per heavy atom. The fourth-order valence-electron chi connectivity index (χ4n) is 2.22. The van der Waals surface area contributed by atoms with Crippen LogP contribution in [0.1, 0.15) is 16.1 Å². The Kier molecular flexibility index (Phi) is 4.38.